The highest BCUT2D eigenvalue weighted by molar-refractivity contribution is 5.92. The van der Waals surface area contributed by atoms with Crippen LogP contribution in [-0.2, 0) is 9.59 Å². The summed E-state index contributed by atoms with van der Waals surface area (Å²) in [5, 5.41) is 0. The molecule has 1 aliphatic carbocycles. The van der Waals surface area contributed by atoms with Crippen LogP contribution >= 0.6 is 0 Å². The van der Waals surface area contributed by atoms with Gasteiger partial charge < -0.3 is 19.6 Å². The Labute approximate surface area is 168 Å². The summed E-state index contributed by atoms with van der Waals surface area (Å²) in [6.45, 7) is 11.0. The zero-order valence-electron chi connectivity index (χ0n) is 17.4. The molecule has 0 spiro atoms. The number of hydrogen-bond donors (Lipinski definition) is 0. The second kappa shape index (κ2) is 7.74. The average molecular weight is 385 g/mol. The van der Waals surface area contributed by atoms with E-state index in [1.165, 1.54) is 16.8 Å². The molecular formula is C22H32N4O2. The molecule has 6 heteroatoms. The molecule has 3 aliphatic rings. The molecule has 2 amide bonds. The third kappa shape index (κ3) is 3.75. The monoisotopic (exact) mass is 384 g/mol. The van der Waals surface area contributed by atoms with E-state index >= 15 is 0 Å². The van der Waals surface area contributed by atoms with Crippen molar-refractivity contribution in [3.63, 3.8) is 0 Å². The van der Waals surface area contributed by atoms with Crippen molar-refractivity contribution in [2.75, 3.05) is 64.3 Å². The molecule has 0 N–H and O–H groups in total. The molecule has 1 aromatic carbocycles. The minimum Gasteiger partial charge on any atom is -0.368 e. The van der Waals surface area contributed by atoms with Crippen LogP contribution in [0.3, 0.4) is 0 Å². The topological polar surface area (TPSA) is 47.1 Å². The summed E-state index contributed by atoms with van der Waals surface area (Å²) in [5.74, 6) is 0.223. The van der Waals surface area contributed by atoms with Crippen LogP contribution in [0.1, 0.15) is 17.5 Å². The normalized spacial score (nSPS) is 25.8. The molecule has 2 atom stereocenters. The lowest BCUT2D eigenvalue weighted by Crippen LogP contribution is -2.50. The van der Waals surface area contributed by atoms with Crippen molar-refractivity contribution in [1.29, 1.82) is 0 Å². The van der Waals surface area contributed by atoms with Gasteiger partial charge >= 0.3 is 0 Å². The second-order valence-electron chi connectivity index (χ2n) is 8.61. The standard InChI is InChI=1S/C22H32N4O2/c1-16-5-4-6-20(17(16)2)24-11-13-26(14-12-24)22(28)19-15-18(19)21(27)25-9-7-23(3)8-10-25/h4-6,18-19H,7-15H2,1-3H3. The van der Waals surface area contributed by atoms with Crippen LogP contribution in [0, 0.1) is 25.7 Å². The molecule has 3 fully saturated rings. The van der Waals surface area contributed by atoms with Crippen molar-refractivity contribution in [2.24, 2.45) is 11.8 Å². The fourth-order valence-electron chi connectivity index (χ4n) is 4.48. The first-order valence-corrected chi connectivity index (χ1v) is 10.5. The fourth-order valence-corrected chi connectivity index (χ4v) is 4.48. The Kier molecular flexibility index (Phi) is 5.32. The summed E-state index contributed by atoms with van der Waals surface area (Å²) < 4.78 is 0. The van der Waals surface area contributed by atoms with Gasteiger partial charge in [-0.15, -0.1) is 0 Å². The van der Waals surface area contributed by atoms with E-state index in [0.717, 1.165) is 58.8 Å². The van der Waals surface area contributed by atoms with Gasteiger partial charge in [0.25, 0.3) is 0 Å². The minimum atomic E-state index is -0.0839. The van der Waals surface area contributed by atoms with Crippen LogP contribution < -0.4 is 4.90 Å². The van der Waals surface area contributed by atoms with E-state index < -0.39 is 0 Å². The first-order chi connectivity index (χ1) is 13.5. The van der Waals surface area contributed by atoms with Crippen LogP contribution in [0.25, 0.3) is 0 Å². The van der Waals surface area contributed by atoms with Crippen LogP contribution in [0.5, 0.6) is 0 Å². The number of benzene rings is 1. The molecule has 6 nitrogen and oxygen atoms in total. The average Bonchev–Trinajstić information content (AvgIpc) is 3.51. The number of carbonyl (C=O) groups is 2. The predicted molar refractivity (Wildman–Crippen MR) is 110 cm³/mol. The number of carbonyl (C=O) groups excluding carboxylic acids is 2. The summed E-state index contributed by atoms with van der Waals surface area (Å²) in [5.41, 5.74) is 3.91. The summed E-state index contributed by atoms with van der Waals surface area (Å²) in [7, 11) is 2.09. The van der Waals surface area contributed by atoms with E-state index in [9.17, 15) is 9.59 Å². The first kappa shape index (κ1) is 19.2. The van der Waals surface area contributed by atoms with Crippen molar-refractivity contribution in [3.8, 4) is 0 Å². The number of anilines is 1. The molecule has 0 aromatic heterocycles. The third-order valence-corrected chi connectivity index (χ3v) is 6.75. The molecule has 2 aliphatic heterocycles. The molecule has 4 rings (SSSR count). The fraction of sp³-hybridized carbons (Fsp3) is 0.636. The number of piperazine rings is 2. The van der Waals surface area contributed by atoms with Gasteiger partial charge in [-0.2, -0.15) is 0 Å². The van der Waals surface area contributed by atoms with Gasteiger partial charge in [0.1, 0.15) is 0 Å². The lowest BCUT2D eigenvalue weighted by Gasteiger charge is -2.37. The number of rotatable bonds is 3. The largest absolute Gasteiger partial charge is 0.368 e. The lowest BCUT2D eigenvalue weighted by atomic mass is 10.1. The summed E-state index contributed by atoms with van der Waals surface area (Å²) in [6, 6.07) is 6.42. The number of amides is 2. The van der Waals surface area contributed by atoms with Crippen molar-refractivity contribution in [1.82, 2.24) is 14.7 Å². The van der Waals surface area contributed by atoms with Gasteiger partial charge in [-0.3, -0.25) is 9.59 Å². The maximum absolute atomic E-state index is 12.9. The Bertz CT molecular complexity index is 749. The van der Waals surface area contributed by atoms with E-state index in [1.54, 1.807) is 0 Å². The number of aryl methyl sites for hydroxylation is 1. The Morgan fingerprint density at radius 2 is 1.36 bits per heavy atom. The quantitative estimate of drug-likeness (QED) is 0.790. The molecule has 2 unspecified atom stereocenters. The summed E-state index contributed by atoms with van der Waals surface area (Å²) in [6.07, 6.45) is 0.737. The molecule has 0 bridgehead atoms. The smallest absolute Gasteiger partial charge is 0.226 e. The van der Waals surface area contributed by atoms with Crippen molar-refractivity contribution in [2.45, 2.75) is 20.3 Å². The Morgan fingerprint density at radius 1 is 0.821 bits per heavy atom. The maximum Gasteiger partial charge on any atom is 0.226 e. The highest BCUT2D eigenvalue weighted by Gasteiger charge is 2.51. The number of hydrogen-bond acceptors (Lipinski definition) is 4. The van der Waals surface area contributed by atoms with Gasteiger partial charge in [-0.1, -0.05) is 12.1 Å². The zero-order chi connectivity index (χ0) is 19.8. The summed E-state index contributed by atoms with van der Waals surface area (Å²) in [4.78, 5) is 34.2. The molecule has 1 saturated carbocycles. The molecule has 152 valence electrons. The van der Waals surface area contributed by atoms with E-state index in [0.29, 0.717) is 0 Å². The maximum atomic E-state index is 12.9. The second-order valence-corrected chi connectivity index (χ2v) is 8.61. The van der Waals surface area contributed by atoms with Crippen LogP contribution in [0.4, 0.5) is 5.69 Å². The Morgan fingerprint density at radius 3 is 1.93 bits per heavy atom. The lowest BCUT2D eigenvalue weighted by molar-refractivity contribution is -0.139. The van der Waals surface area contributed by atoms with E-state index in [4.69, 9.17) is 0 Å². The first-order valence-electron chi connectivity index (χ1n) is 10.5. The molecule has 1 aromatic rings. The highest BCUT2D eigenvalue weighted by atomic mass is 16.2. The van der Waals surface area contributed by atoms with Crippen molar-refractivity contribution < 1.29 is 9.59 Å². The van der Waals surface area contributed by atoms with Crippen LogP contribution in [0.15, 0.2) is 18.2 Å². The van der Waals surface area contributed by atoms with E-state index in [1.807, 2.05) is 9.80 Å². The van der Waals surface area contributed by atoms with Gasteiger partial charge in [0, 0.05) is 58.0 Å². The van der Waals surface area contributed by atoms with Gasteiger partial charge in [0.2, 0.25) is 11.8 Å². The van der Waals surface area contributed by atoms with E-state index in [-0.39, 0.29) is 23.7 Å². The Balaban J connectivity index is 1.29. The highest BCUT2D eigenvalue weighted by Crippen LogP contribution is 2.41. The molecule has 0 radical (unpaired) electrons. The number of nitrogens with zero attached hydrogens (tertiary/aromatic N) is 4. The van der Waals surface area contributed by atoms with Crippen LogP contribution in [-0.4, -0.2) is 85.9 Å². The van der Waals surface area contributed by atoms with Gasteiger partial charge in [0.05, 0.1) is 11.8 Å². The SMILES string of the molecule is Cc1cccc(N2CCN(C(=O)C3CC3C(=O)N3CCN(C)CC3)CC2)c1C. The van der Waals surface area contributed by atoms with Gasteiger partial charge in [-0.25, -0.2) is 0 Å². The predicted octanol–water partition coefficient (Wildman–Crippen LogP) is 1.36. The summed E-state index contributed by atoms with van der Waals surface area (Å²) >= 11 is 0. The molecule has 28 heavy (non-hydrogen) atoms. The van der Waals surface area contributed by atoms with Gasteiger partial charge in [-0.05, 0) is 44.5 Å². The Hall–Kier alpha value is -2.08. The van der Waals surface area contributed by atoms with E-state index in [2.05, 4.69) is 48.9 Å². The van der Waals surface area contributed by atoms with Crippen molar-refractivity contribution >= 4 is 17.5 Å². The van der Waals surface area contributed by atoms with Crippen molar-refractivity contribution in [3.05, 3.63) is 29.3 Å². The van der Waals surface area contributed by atoms with Gasteiger partial charge in [0.15, 0.2) is 0 Å². The molecule has 2 saturated heterocycles. The zero-order valence-corrected chi connectivity index (χ0v) is 17.4. The van der Waals surface area contributed by atoms with Crippen LogP contribution in [0.2, 0.25) is 0 Å². The molecule has 2 heterocycles. The number of likely N-dealkylation sites (N-methyl/N-ethyl adjacent to an activating group) is 1. The molecular weight excluding hydrogens is 352 g/mol. The minimum absolute atomic E-state index is 0.0760. The third-order valence-electron chi connectivity index (χ3n) is 6.75.